The molecule has 3 aromatic carbocycles. The molecule has 15 heteroatoms. The van der Waals surface area contributed by atoms with Gasteiger partial charge in [-0.2, -0.15) is 0 Å². The van der Waals surface area contributed by atoms with E-state index in [0.717, 1.165) is 81.5 Å². The van der Waals surface area contributed by atoms with Crippen molar-refractivity contribution >= 4 is 46.1 Å². The second-order valence-electron chi connectivity index (χ2n) is 17.5. The van der Waals surface area contributed by atoms with Gasteiger partial charge in [0.05, 0.1) is 38.2 Å². The number of aromatic amines is 1. The second kappa shape index (κ2) is 19.4. The smallest absolute Gasteiger partial charge is 0.407 e. The minimum Gasteiger partial charge on any atom is -0.453 e. The van der Waals surface area contributed by atoms with Crippen molar-refractivity contribution < 1.29 is 38.1 Å². The van der Waals surface area contributed by atoms with Gasteiger partial charge in [0.25, 0.3) is 0 Å². The lowest BCUT2D eigenvalue weighted by molar-refractivity contribution is -0.137. The molecule has 4 saturated heterocycles. The average Bonchev–Trinajstić information content (AvgIpc) is 4.20. The van der Waals surface area contributed by atoms with Crippen molar-refractivity contribution in [2.45, 2.75) is 82.0 Å². The highest BCUT2D eigenvalue weighted by Crippen LogP contribution is 2.36. The summed E-state index contributed by atoms with van der Waals surface area (Å²) < 4.78 is 20.8. The summed E-state index contributed by atoms with van der Waals surface area (Å²) in [6, 6.07) is 19.8. The van der Waals surface area contributed by atoms with Gasteiger partial charge in [0.1, 0.15) is 17.9 Å². The molecule has 0 spiro atoms. The van der Waals surface area contributed by atoms with Crippen LogP contribution in [0.5, 0.6) is 0 Å². The predicted molar refractivity (Wildman–Crippen MR) is 241 cm³/mol. The molecule has 0 aliphatic carbocycles. The number of nitrogens with one attached hydrogen (secondary N) is 3. The van der Waals surface area contributed by atoms with Crippen molar-refractivity contribution in [1.82, 2.24) is 30.4 Å². The van der Waals surface area contributed by atoms with E-state index in [0.29, 0.717) is 71.6 Å². The highest BCUT2D eigenvalue weighted by molar-refractivity contribution is 6.04. The number of H-pyrrole nitrogens is 1. The molecule has 64 heavy (non-hydrogen) atoms. The van der Waals surface area contributed by atoms with E-state index in [4.69, 9.17) is 28.9 Å². The fourth-order valence-electron chi connectivity index (χ4n) is 10.2. The number of allylic oxidation sites excluding steroid dienone is 1. The van der Waals surface area contributed by atoms with Gasteiger partial charge in [0.2, 0.25) is 11.8 Å². The van der Waals surface area contributed by atoms with Crippen molar-refractivity contribution in [2.75, 3.05) is 53.7 Å². The summed E-state index contributed by atoms with van der Waals surface area (Å²) >= 11 is 0. The number of amides is 4. The van der Waals surface area contributed by atoms with Gasteiger partial charge in [0, 0.05) is 63.4 Å². The number of aromatic nitrogens is 2. The zero-order chi connectivity index (χ0) is 44.2. The molecule has 4 fully saturated rings. The lowest BCUT2D eigenvalue weighted by Crippen LogP contribution is -2.55. The zero-order valence-electron chi connectivity index (χ0n) is 36.6. The summed E-state index contributed by atoms with van der Waals surface area (Å²) in [5.74, 6) is 0.518. The Morgan fingerprint density at radius 1 is 0.672 bits per heavy atom. The molecule has 0 saturated carbocycles. The van der Waals surface area contributed by atoms with Crippen molar-refractivity contribution in [3.05, 3.63) is 84.4 Å². The Morgan fingerprint density at radius 3 is 1.78 bits per heavy atom. The number of fused-ring (bicyclic) bond motifs is 1. The summed E-state index contributed by atoms with van der Waals surface area (Å²) in [7, 11) is 2.63. The summed E-state index contributed by atoms with van der Waals surface area (Å²) in [5, 5.41) is 7.87. The number of carbonyl (C=O) groups excluding carboxylic acids is 4. The second-order valence-corrected chi connectivity index (χ2v) is 17.5. The molecule has 4 amide bonds. The van der Waals surface area contributed by atoms with Crippen LogP contribution in [0.15, 0.2) is 78.1 Å². The fourth-order valence-corrected chi connectivity index (χ4v) is 10.2. The maximum absolute atomic E-state index is 14.0. The third kappa shape index (κ3) is 9.14. The molecule has 5 aliphatic heterocycles. The summed E-state index contributed by atoms with van der Waals surface area (Å²) in [6.07, 6.45) is 9.39. The van der Waals surface area contributed by atoms with E-state index in [2.05, 4.69) is 76.3 Å². The Labute approximate surface area is 373 Å². The van der Waals surface area contributed by atoms with Crippen LogP contribution < -0.4 is 10.6 Å². The lowest BCUT2D eigenvalue weighted by atomic mass is 9.90. The number of hydrogen-bond acceptors (Lipinski definition) is 10. The van der Waals surface area contributed by atoms with Crippen LogP contribution in [0, 0.1) is 11.8 Å². The quantitative estimate of drug-likeness (QED) is 0.143. The van der Waals surface area contributed by atoms with Crippen LogP contribution in [-0.4, -0.2) is 121 Å². The van der Waals surface area contributed by atoms with Gasteiger partial charge in [-0.1, -0.05) is 48.5 Å². The van der Waals surface area contributed by atoms with E-state index < -0.39 is 24.3 Å². The van der Waals surface area contributed by atoms with Crippen LogP contribution in [0.2, 0.25) is 0 Å². The monoisotopic (exact) mass is 871 g/mol. The molecule has 5 aliphatic rings. The Kier molecular flexibility index (Phi) is 13.1. The van der Waals surface area contributed by atoms with E-state index in [9.17, 15) is 19.2 Å². The van der Waals surface area contributed by atoms with Crippen LogP contribution in [-0.2, 0) is 28.5 Å². The molecule has 4 atom stereocenters. The van der Waals surface area contributed by atoms with Gasteiger partial charge in [-0.15, -0.1) is 0 Å². The first-order chi connectivity index (χ1) is 31.3. The first kappa shape index (κ1) is 43.2. The number of ether oxygens (including phenoxy) is 4. The van der Waals surface area contributed by atoms with Gasteiger partial charge in [-0.25, -0.2) is 14.6 Å². The highest BCUT2D eigenvalue weighted by Gasteiger charge is 2.42. The molecule has 0 bridgehead atoms. The topological polar surface area (TPSA) is 177 Å². The van der Waals surface area contributed by atoms with Gasteiger partial charge in [-0.3, -0.25) is 14.6 Å². The largest absolute Gasteiger partial charge is 0.453 e. The number of imidazole rings is 1. The normalized spacial score (nSPS) is 21.6. The molecule has 9 rings (SSSR count). The Morgan fingerprint density at radius 2 is 1.19 bits per heavy atom. The van der Waals surface area contributed by atoms with E-state index >= 15 is 0 Å². The summed E-state index contributed by atoms with van der Waals surface area (Å²) in [5.41, 5.74) is 7.28. The fraction of sp³-hybridized carbons (Fsp3) is 0.469. The van der Waals surface area contributed by atoms with Gasteiger partial charge in [-0.05, 0) is 108 Å². The van der Waals surface area contributed by atoms with E-state index in [1.807, 2.05) is 22.2 Å². The molecule has 6 heterocycles. The first-order valence-corrected chi connectivity index (χ1v) is 22.7. The summed E-state index contributed by atoms with van der Waals surface area (Å²) in [6.45, 7) is 3.49. The average molecular weight is 872 g/mol. The van der Waals surface area contributed by atoms with Crippen LogP contribution in [0.25, 0.3) is 38.7 Å². The van der Waals surface area contributed by atoms with Crippen molar-refractivity contribution in [3.8, 4) is 22.4 Å². The third-order valence-electron chi connectivity index (χ3n) is 13.8. The predicted octanol–water partition coefficient (Wildman–Crippen LogP) is 7.04. The van der Waals surface area contributed by atoms with Crippen molar-refractivity contribution in [1.29, 1.82) is 0 Å². The summed E-state index contributed by atoms with van der Waals surface area (Å²) in [4.78, 5) is 69.5. The molecular formula is C49H57N7O8. The minimum atomic E-state index is -0.683. The van der Waals surface area contributed by atoms with Crippen LogP contribution in [0.1, 0.15) is 75.2 Å². The Hall–Kier alpha value is -6.06. The number of carbonyl (C=O) groups is 4. The number of hydrogen-bond donors (Lipinski definition) is 3. The maximum Gasteiger partial charge on any atom is 0.407 e. The first-order valence-electron chi connectivity index (χ1n) is 22.7. The Balaban J connectivity index is 0.838. The molecule has 4 aromatic rings. The van der Waals surface area contributed by atoms with Crippen LogP contribution in [0.4, 0.5) is 9.59 Å². The van der Waals surface area contributed by atoms with Crippen LogP contribution in [0.3, 0.4) is 0 Å². The van der Waals surface area contributed by atoms with Crippen LogP contribution >= 0.6 is 0 Å². The SMILES string of the molecule is COC(=O)N[C@H](C(=O)N1CCC[C@H]1C1=NC=C(c2ccc(-c3ccc4cc(-c5cnc([C@@H]6CCCN6C(=O)[C@@H](NC(=O)OC)C6CCOCC6)[nH]5)ccc4c3)cc2)C1)C1CCOCC1. The number of likely N-dealkylation sites (tertiary alicyclic amines) is 2. The molecule has 3 N–H and O–H groups in total. The number of rotatable bonds is 11. The molecule has 0 radical (unpaired) electrons. The number of alkyl carbamates (subject to hydrolysis) is 2. The lowest BCUT2D eigenvalue weighted by Gasteiger charge is -2.34. The van der Waals surface area contributed by atoms with Crippen molar-refractivity contribution in [3.63, 3.8) is 0 Å². The molecule has 1 aromatic heterocycles. The number of methoxy groups -OCH3 is 2. The Bertz CT molecular complexity index is 2420. The standard InChI is InChI=1S/C49H57N7O8/c1-61-48(59)53-43(32-15-21-63-22-16-32)46(57)55-19-3-5-41(55)39-27-38(28-50-39)31-9-7-30(8-10-31)34-11-12-36-26-37(14-13-35(36)25-34)40-29-51-45(52-40)42-6-4-20-56(42)47(58)44(54-49(60)62-2)33-17-23-64-24-18-33/h7-14,25-26,28-29,32-33,41-44H,3-6,15-24,27H2,1-2H3,(H,51,52)(H,53,59)(H,54,60)/t41-,42-,43-,44-/m0/s1. The van der Waals surface area contributed by atoms with Gasteiger partial charge < -0.3 is 44.4 Å². The van der Waals surface area contributed by atoms with E-state index in [1.54, 1.807) is 0 Å². The van der Waals surface area contributed by atoms with E-state index in [1.165, 1.54) is 14.2 Å². The number of aliphatic imine (C=N–C) groups is 1. The highest BCUT2D eigenvalue weighted by atomic mass is 16.5. The van der Waals surface area contributed by atoms with E-state index in [-0.39, 0.29) is 35.7 Å². The van der Waals surface area contributed by atoms with Gasteiger partial charge in [0.15, 0.2) is 0 Å². The molecule has 336 valence electrons. The maximum atomic E-state index is 14.0. The minimum absolute atomic E-state index is 0.00768. The molecule has 0 unspecified atom stereocenters. The molecular weight excluding hydrogens is 815 g/mol. The van der Waals surface area contributed by atoms with Gasteiger partial charge >= 0.3 is 12.2 Å². The third-order valence-corrected chi connectivity index (χ3v) is 13.8. The van der Waals surface area contributed by atoms with Crippen molar-refractivity contribution in [2.24, 2.45) is 16.8 Å². The number of nitrogens with zero attached hydrogens (tertiary/aromatic N) is 4. The number of benzene rings is 3. The zero-order valence-corrected chi connectivity index (χ0v) is 36.6. The molecule has 15 nitrogen and oxygen atoms in total.